The number of carbonyl (C=O) groups is 1. The van der Waals surface area contributed by atoms with Crippen LogP contribution in [0.3, 0.4) is 0 Å². The van der Waals surface area contributed by atoms with Crippen molar-refractivity contribution in [3.8, 4) is 0 Å². The molecule has 0 spiro atoms. The van der Waals surface area contributed by atoms with Crippen LogP contribution < -0.4 is 4.72 Å². The number of rotatable bonds is 6. The normalized spacial score (nSPS) is 13.0. The van der Waals surface area contributed by atoms with Gasteiger partial charge in [0, 0.05) is 4.88 Å². The first kappa shape index (κ1) is 16.7. The van der Waals surface area contributed by atoms with Crippen LogP contribution >= 0.6 is 11.3 Å². The number of carboxylic acids is 1. The monoisotopic (exact) mass is 339 g/mol. The Balaban J connectivity index is 2.24. The molecule has 0 bridgehead atoms. The van der Waals surface area contributed by atoms with E-state index in [0.29, 0.717) is 5.56 Å². The molecule has 1 aromatic carbocycles. The number of hydrogen-bond donors (Lipinski definition) is 2. The number of carboxylic acid groups (broad SMARTS) is 1. The third-order valence-corrected chi connectivity index (χ3v) is 6.38. The highest BCUT2D eigenvalue weighted by atomic mass is 32.2. The maximum absolute atomic E-state index is 12.4. The fourth-order valence-corrected chi connectivity index (χ4v) is 5.03. The van der Waals surface area contributed by atoms with E-state index in [1.54, 1.807) is 37.3 Å². The number of aryl methyl sites for hydroxylation is 2. The molecule has 2 aromatic rings. The van der Waals surface area contributed by atoms with E-state index < -0.39 is 22.0 Å². The van der Waals surface area contributed by atoms with Crippen molar-refractivity contribution >= 4 is 27.3 Å². The lowest BCUT2D eigenvalue weighted by Crippen LogP contribution is -2.42. The molecule has 1 atom stereocenters. The maximum Gasteiger partial charge on any atom is 0.322 e. The summed E-state index contributed by atoms with van der Waals surface area (Å²) in [5.41, 5.74) is 1.38. The van der Waals surface area contributed by atoms with Crippen LogP contribution in [0.15, 0.2) is 40.6 Å². The molecule has 2 rings (SSSR count). The Kier molecular flexibility index (Phi) is 5.00. The minimum absolute atomic E-state index is 0.0960. The first-order chi connectivity index (χ1) is 10.3. The van der Waals surface area contributed by atoms with Crippen LogP contribution in [0.25, 0.3) is 0 Å². The lowest BCUT2D eigenvalue weighted by atomic mass is 10.1. The lowest BCUT2D eigenvalue weighted by Gasteiger charge is -2.14. The fraction of sp³-hybridized carbons (Fsp3) is 0.267. The van der Waals surface area contributed by atoms with E-state index in [9.17, 15) is 18.3 Å². The van der Waals surface area contributed by atoms with E-state index in [4.69, 9.17) is 0 Å². The van der Waals surface area contributed by atoms with Crippen molar-refractivity contribution in [3.63, 3.8) is 0 Å². The molecule has 0 aliphatic carbocycles. The third-order valence-electron chi connectivity index (χ3n) is 3.12. The van der Waals surface area contributed by atoms with Gasteiger partial charge in [0.25, 0.3) is 10.0 Å². The fourth-order valence-electron chi connectivity index (χ4n) is 2.16. The number of thiophene rings is 1. The Labute approximate surface area is 133 Å². The average Bonchev–Trinajstić information content (AvgIpc) is 2.79. The van der Waals surface area contributed by atoms with Crippen molar-refractivity contribution in [2.75, 3.05) is 0 Å². The van der Waals surface area contributed by atoms with Crippen molar-refractivity contribution in [1.82, 2.24) is 4.72 Å². The highest BCUT2D eigenvalue weighted by Gasteiger charge is 2.27. The molecule has 2 N–H and O–H groups in total. The van der Waals surface area contributed by atoms with Gasteiger partial charge in [0.05, 0.1) is 0 Å². The van der Waals surface area contributed by atoms with Crippen molar-refractivity contribution in [1.29, 1.82) is 0 Å². The number of sulfonamides is 1. The number of hydrogen-bond acceptors (Lipinski definition) is 4. The lowest BCUT2D eigenvalue weighted by molar-refractivity contribution is -0.138. The highest BCUT2D eigenvalue weighted by Crippen LogP contribution is 2.26. The molecule has 0 saturated carbocycles. The van der Waals surface area contributed by atoms with Crippen LogP contribution in [-0.4, -0.2) is 25.5 Å². The standard InChI is InChI=1S/C15H17NO4S2/c1-10-8-11(2)21-15(10)22(19,20)16-13(14(17)18)9-12-6-4-3-5-7-12/h3-8,13,16H,9H2,1-2H3,(H,17,18)/t13-/m1/s1. The minimum Gasteiger partial charge on any atom is -0.480 e. The van der Waals surface area contributed by atoms with Gasteiger partial charge in [-0.3, -0.25) is 4.79 Å². The second-order valence-electron chi connectivity index (χ2n) is 5.03. The first-order valence-corrected chi connectivity index (χ1v) is 8.95. The molecule has 0 aliphatic rings. The summed E-state index contributed by atoms with van der Waals surface area (Å²) in [7, 11) is -3.85. The summed E-state index contributed by atoms with van der Waals surface area (Å²) in [6.45, 7) is 3.51. The second-order valence-corrected chi connectivity index (χ2v) is 8.19. The van der Waals surface area contributed by atoms with Gasteiger partial charge < -0.3 is 5.11 Å². The van der Waals surface area contributed by atoms with Crippen LogP contribution in [0.2, 0.25) is 0 Å². The molecule has 0 unspecified atom stereocenters. The smallest absolute Gasteiger partial charge is 0.322 e. The van der Waals surface area contributed by atoms with Crippen LogP contribution in [0.5, 0.6) is 0 Å². The Morgan fingerprint density at radius 1 is 1.27 bits per heavy atom. The first-order valence-electron chi connectivity index (χ1n) is 6.65. The van der Waals surface area contributed by atoms with Gasteiger partial charge in [-0.1, -0.05) is 30.3 Å². The van der Waals surface area contributed by atoms with Gasteiger partial charge in [-0.25, -0.2) is 8.42 Å². The molecule has 0 aliphatic heterocycles. The van der Waals surface area contributed by atoms with Crippen molar-refractivity contribution in [3.05, 3.63) is 52.4 Å². The summed E-state index contributed by atoms with van der Waals surface area (Å²) in [6.07, 6.45) is 0.0960. The highest BCUT2D eigenvalue weighted by molar-refractivity contribution is 7.91. The summed E-state index contributed by atoms with van der Waals surface area (Å²) in [5, 5.41) is 9.30. The number of nitrogens with one attached hydrogen (secondary N) is 1. The average molecular weight is 339 g/mol. The molecular weight excluding hydrogens is 322 g/mol. The minimum atomic E-state index is -3.85. The van der Waals surface area contributed by atoms with E-state index >= 15 is 0 Å². The molecule has 5 nitrogen and oxygen atoms in total. The topological polar surface area (TPSA) is 83.5 Å². The van der Waals surface area contributed by atoms with E-state index in [2.05, 4.69) is 4.72 Å². The third kappa shape index (κ3) is 3.94. The molecule has 0 saturated heterocycles. The zero-order valence-corrected chi connectivity index (χ0v) is 13.9. The Morgan fingerprint density at radius 3 is 2.41 bits per heavy atom. The summed E-state index contributed by atoms with van der Waals surface area (Å²) in [6, 6.07) is 9.50. The molecule has 118 valence electrons. The van der Waals surface area contributed by atoms with Gasteiger partial charge in [0.1, 0.15) is 10.3 Å². The van der Waals surface area contributed by atoms with Gasteiger partial charge in [-0.2, -0.15) is 4.72 Å². The van der Waals surface area contributed by atoms with Crippen molar-refractivity contribution in [2.45, 2.75) is 30.5 Å². The maximum atomic E-state index is 12.4. The van der Waals surface area contributed by atoms with Crippen molar-refractivity contribution in [2.24, 2.45) is 0 Å². The molecule has 0 fully saturated rings. The van der Waals surface area contributed by atoms with Crippen LogP contribution in [0.4, 0.5) is 0 Å². The Hall–Kier alpha value is -1.70. The number of benzene rings is 1. The largest absolute Gasteiger partial charge is 0.480 e. The predicted molar refractivity (Wildman–Crippen MR) is 85.7 cm³/mol. The SMILES string of the molecule is Cc1cc(C)c(S(=O)(=O)N[C@H](Cc2ccccc2)C(=O)O)s1. The van der Waals surface area contributed by atoms with Gasteiger partial charge in [-0.05, 0) is 37.5 Å². The molecule has 1 heterocycles. The van der Waals surface area contributed by atoms with Crippen molar-refractivity contribution < 1.29 is 18.3 Å². The van der Waals surface area contributed by atoms with E-state index in [1.165, 1.54) is 0 Å². The molecule has 1 aromatic heterocycles. The Morgan fingerprint density at radius 2 is 1.91 bits per heavy atom. The molecule has 7 heteroatoms. The molecule has 0 amide bonds. The van der Waals surface area contributed by atoms with Gasteiger partial charge >= 0.3 is 5.97 Å². The zero-order valence-electron chi connectivity index (χ0n) is 12.2. The van der Waals surface area contributed by atoms with E-state index in [0.717, 1.165) is 21.8 Å². The van der Waals surface area contributed by atoms with Crippen LogP contribution in [-0.2, 0) is 21.2 Å². The molecule has 22 heavy (non-hydrogen) atoms. The second kappa shape index (κ2) is 6.60. The summed E-state index contributed by atoms with van der Waals surface area (Å²) < 4.78 is 27.3. The van der Waals surface area contributed by atoms with Crippen LogP contribution in [0, 0.1) is 13.8 Å². The summed E-state index contributed by atoms with van der Waals surface area (Å²) >= 11 is 1.14. The summed E-state index contributed by atoms with van der Waals surface area (Å²) in [4.78, 5) is 12.2. The molecule has 0 radical (unpaired) electrons. The number of aliphatic carboxylic acids is 1. The van der Waals surface area contributed by atoms with Gasteiger partial charge in [0.15, 0.2) is 0 Å². The predicted octanol–water partition coefficient (Wildman–Crippen LogP) is 2.34. The van der Waals surface area contributed by atoms with Gasteiger partial charge in [-0.15, -0.1) is 11.3 Å². The molecular formula is C15H17NO4S2. The Bertz CT molecular complexity index is 766. The van der Waals surface area contributed by atoms with E-state index in [-0.39, 0.29) is 10.6 Å². The van der Waals surface area contributed by atoms with E-state index in [1.807, 2.05) is 13.0 Å². The zero-order chi connectivity index (χ0) is 16.3. The summed E-state index contributed by atoms with van der Waals surface area (Å²) in [5.74, 6) is -1.20. The van der Waals surface area contributed by atoms with Crippen LogP contribution in [0.1, 0.15) is 16.0 Å². The quantitative estimate of drug-likeness (QED) is 0.846. The van der Waals surface area contributed by atoms with Gasteiger partial charge in [0.2, 0.25) is 0 Å².